The second kappa shape index (κ2) is 14.4. The molecule has 1 saturated heterocycles. The summed E-state index contributed by atoms with van der Waals surface area (Å²) in [5.74, 6) is -1.19. The van der Waals surface area contributed by atoms with Crippen molar-refractivity contribution < 1.29 is 38.8 Å². The fraction of sp³-hybridized carbons (Fsp3) is 0.219. The Kier molecular flexibility index (Phi) is 10.2. The van der Waals surface area contributed by atoms with Crippen LogP contribution in [-0.2, 0) is 9.59 Å². The van der Waals surface area contributed by atoms with E-state index in [1.807, 2.05) is 36.4 Å². The first-order valence-corrected chi connectivity index (χ1v) is 15.4. The lowest BCUT2D eigenvalue weighted by atomic mass is 9.91. The predicted molar refractivity (Wildman–Crippen MR) is 169 cm³/mol. The molecule has 0 saturated carbocycles. The molecule has 1 aliphatic rings. The van der Waals surface area contributed by atoms with Gasteiger partial charge in [0.2, 0.25) is 0 Å². The Labute approximate surface area is 265 Å². The van der Waals surface area contributed by atoms with Crippen molar-refractivity contribution in [1.82, 2.24) is 5.32 Å². The number of hydrogen-bond donors (Lipinski definition) is 4. The molecule has 2 heterocycles. The number of halogens is 1. The van der Waals surface area contributed by atoms with E-state index < -0.39 is 24.6 Å². The summed E-state index contributed by atoms with van der Waals surface area (Å²) in [5, 5.41) is 25.0. The summed E-state index contributed by atoms with van der Waals surface area (Å²) in [5.41, 5.74) is 1.18. The summed E-state index contributed by atoms with van der Waals surface area (Å²) in [6, 6.07) is 23.5. The van der Waals surface area contributed by atoms with Gasteiger partial charge in [-0.05, 0) is 83.8 Å². The molecule has 1 fully saturated rings. The molecule has 1 unspecified atom stereocenters. The normalized spacial score (nSPS) is 13.9. The SMILES string of the molecule is O=C(O)COc1c(C(=O)O)sc(-c2cccc(OC(C(=O)Nc3cccc(Oc4ccccc4)c3)C3CCNCC3)c2)c1Br. The van der Waals surface area contributed by atoms with Crippen LogP contribution >= 0.6 is 27.3 Å². The number of ether oxygens (including phenoxy) is 3. The Balaban J connectivity index is 1.38. The number of aliphatic carboxylic acids is 1. The summed E-state index contributed by atoms with van der Waals surface area (Å²) < 4.78 is 17.9. The van der Waals surface area contributed by atoms with Crippen LogP contribution in [0.4, 0.5) is 5.69 Å². The summed E-state index contributed by atoms with van der Waals surface area (Å²) in [7, 11) is 0. The third kappa shape index (κ3) is 7.76. The Bertz CT molecular complexity index is 1640. The van der Waals surface area contributed by atoms with Gasteiger partial charge in [-0.25, -0.2) is 9.59 Å². The molecule has 44 heavy (non-hydrogen) atoms. The second-order valence-electron chi connectivity index (χ2n) is 9.98. The number of carbonyl (C=O) groups is 3. The summed E-state index contributed by atoms with van der Waals surface area (Å²) in [6.07, 6.45) is 0.692. The average molecular weight is 682 g/mol. The van der Waals surface area contributed by atoms with E-state index in [-0.39, 0.29) is 22.5 Å². The van der Waals surface area contributed by atoms with Gasteiger partial charge in [-0.1, -0.05) is 36.4 Å². The van der Waals surface area contributed by atoms with Crippen molar-refractivity contribution >= 4 is 50.8 Å². The number of carboxylic acid groups (broad SMARTS) is 2. The van der Waals surface area contributed by atoms with Crippen LogP contribution in [-0.4, -0.2) is 53.9 Å². The Morgan fingerprint density at radius 3 is 2.36 bits per heavy atom. The summed E-state index contributed by atoms with van der Waals surface area (Å²) in [4.78, 5) is 37.0. The number of amides is 1. The van der Waals surface area contributed by atoms with Crippen LogP contribution in [0.1, 0.15) is 22.5 Å². The number of carboxylic acids is 2. The lowest BCUT2D eigenvalue weighted by Crippen LogP contribution is -2.44. The Hall–Kier alpha value is -4.39. The smallest absolute Gasteiger partial charge is 0.349 e. The number of rotatable bonds is 12. The fourth-order valence-corrected chi connectivity index (χ4v) is 6.72. The highest BCUT2D eigenvalue weighted by Gasteiger charge is 2.32. The number of benzene rings is 3. The van der Waals surface area contributed by atoms with E-state index >= 15 is 0 Å². The van der Waals surface area contributed by atoms with Crippen molar-refractivity contribution in [3.8, 4) is 33.4 Å². The van der Waals surface area contributed by atoms with Crippen LogP contribution < -0.4 is 24.8 Å². The van der Waals surface area contributed by atoms with E-state index in [4.69, 9.17) is 19.3 Å². The molecule has 1 amide bonds. The minimum absolute atomic E-state index is 0.0493. The molecule has 10 nitrogen and oxygen atoms in total. The molecule has 1 atom stereocenters. The van der Waals surface area contributed by atoms with Crippen molar-refractivity contribution in [3.05, 3.63) is 88.2 Å². The van der Waals surface area contributed by atoms with E-state index in [0.717, 1.165) is 37.3 Å². The van der Waals surface area contributed by atoms with Crippen LogP contribution in [0.25, 0.3) is 10.4 Å². The van der Waals surface area contributed by atoms with E-state index in [1.165, 1.54) is 0 Å². The number of carbonyl (C=O) groups excluding carboxylic acids is 1. The zero-order valence-electron chi connectivity index (χ0n) is 23.3. The summed E-state index contributed by atoms with van der Waals surface area (Å²) >= 11 is 4.33. The predicted octanol–water partition coefficient (Wildman–Crippen LogP) is 6.52. The topological polar surface area (TPSA) is 143 Å². The van der Waals surface area contributed by atoms with Gasteiger partial charge < -0.3 is 35.1 Å². The first-order chi connectivity index (χ1) is 21.3. The first-order valence-electron chi connectivity index (χ1n) is 13.8. The minimum Gasteiger partial charge on any atom is -0.480 e. The van der Waals surface area contributed by atoms with Crippen molar-refractivity contribution in [1.29, 1.82) is 0 Å². The Morgan fingerprint density at radius 2 is 1.64 bits per heavy atom. The van der Waals surface area contributed by atoms with Gasteiger partial charge in [-0.3, -0.25) is 4.79 Å². The number of piperidine rings is 1. The molecule has 0 radical (unpaired) electrons. The number of nitrogens with one attached hydrogen (secondary N) is 2. The van der Waals surface area contributed by atoms with Crippen molar-refractivity contribution in [2.24, 2.45) is 5.92 Å². The Morgan fingerprint density at radius 1 is 0.932 bits per heavy atom. The molecular weight excluding hydrogens is 652 g/mol. The van der Waals surface area contributed by atoms with Gasteiger partial charge >= 0.3 is 11.9 Å². The third-order valence-corrected chi connectivity index (χ3v) is 9.08. The lowest BCUT2D eigenvalue weighted by Gasteiger charge is -2.30. The molecule has 1 aliphatic heterocycles. The number of hydrogen-bond acceptors (Lipinski definition) is 8. The highest BCUT2D eigenvalue weighted by molar-refractivity contribution is 9.10. The number of anilines is 1. The fourth-order valence-electron chi connectivity index (χ4n) is 4.83. The number of para-hydroxylation sites is 1. The maximum Gasteiger partial charge on any atom is 0.349 e. The van der Waals surface area contributed by atoms with Gasteiger partial charge in [0, 0.05) is 17.7 Å². The molecule has 0 spiro atoms. The van der Waals surface area contributed by atoms with Crippen LogP contribution in [0.15, 0.2) is 83.3 Å². The zero-order valence-corrected chi connectivity index (χ0v) is 25.7. The van der Waals surface area contributed by atoms with Crippen LogP contribution in [0.3, 0.4) is 0 Å². The largest absolute Gasteiger partial charge is 0.480 e. The van der Waals surface area contributed by atoms with Gasteiger partial charge in [-0.2, -0.15) is 0 Å². The minimum atomic E-state index is -1.24. The maximum atomic E-state index is 13.7. The van der Waals surface area contributed by atoms with Gasteiger partial charge in [0.05, 0.1) is 9.35 Å². The molecule has 12 heteroatoms. The standard InChI is InChI=1S/C32H29BrN2O8S/c33-26-28(41-18-25(36)37)30(32(39)40)44-29(26)20-6-4-10-23(16-20)43-27(19-12-14-34-15-13-19)31(38)35-21-7-5-11-24(17-21)42-22-8-2-1-3-9-22/h1-11,16-17,19,27,34H,12-15,18H2,(H,35,38)(H,36,37)(H,39,40). The molecule has 0 bridgehead atoms. The molecule has 228 valence electrons. The molecule has 1 aromatic heterocycles. The quantitative estimate of drug-likeness (QED) is 0.132. The van der Waals surface area contributed by atoms with Gasteiger partial charge in [-0.15, -0.1) is 11.3 Å². The van der Waals surface area contributed by atoms with Crippen LogP contribution in [0.5, 0.6) is 23.0 Å². The van der Waals surface area contributed by atoms with Crippen LogP contribution in [0, 0.1) is 5.92 Å². The van der Waals surface area contributed by atoms with E-state index in [1.54, 1.807) is 42.5 Å². The van der Waals surface area contributed by atoms with Crippen LogP contribution in [0.2, 0.25) is 0 Å². The number of thiophene rings is 1. The van der Waals surface area contributed by atoms with E-state index in [2.05, 4.69) is 26.6 Å². The highest BCUT2D eigenvalue weighted by Crippen LogP contribution is 2.46. The van der Waals surface area contributed by atoms with Gasteiger partial charge in [0.15, 0.2) is 23.3 Å². The molecular formula is C32H29BrN2O8S. The second-order valence-corrected chi connectivity index (χ2v) is 11.8. The highest BCUT2D eigenvalue weighted by atomic mass is 79.9. The average Bonchev–Trinajstić information content (AvgIpc) is 3.36. The molecule has 4 aromatic rings. The molecule has 4 N–H and O–H groups in total. The molecule has 3 aromatic carbocycles. The third-order valence-electron chi connectivity index (χ3n) is 6.85. The maximum absolute atomic E-state index is 13.7. The summed E-state index contributed by atoms with van der Waals surface area (Å²) in [6.45, 7) is 0.835. The first kappa shape index (κ1) is 31.0. The van der Waals surface area contributed by atoms with E-state index in [9.17, 15) is 19.5 Å². The monoisotopic (exact) mass is 680 g/mol. The van der Waals surface area contributed by atoms with E-state index in [0.29, 0.717) is 37.8 Å². The van der Waals surface area contributed by atoms with Crippen molar-refractivity contribution in [2.75, 3.05) is 25.0 Å². The molecule has 0 aliphatic carbocycles. The van der Waals surface area contributed by atoms with Crippen molar-refractivity contribution in [2.45, 2.75) is 18.9 Å². The number of aromatic carboxylic acids is 1. The van der Waals surface area contributed by atoms with Crippen molar-refractivity contribution in [3.63, 3.8) is 0 Å². The van der Waals surface area contributed by atoms with Gasteiger partial charge in [0.25, 0.3) is 5.91 Å². The lowest BCUT2D eigenvalue weighted by molar-refractivity contribution is -0.139. The molecule has 5 rings (SSSR count). The van der Waals surface area contributed by atoms with Gasteiger partial charge in [0.1, 0.15) is 17.2 Å². The zero-order chi connectivity index (χ0) is 31.1.